The number of likely N-dealkylation sites (tertiary alicyclic amines) is 1. The van der Waals surface area contributed by atoms with Crippen LogP contribution in [-0.4, -0.2) is 37.3 Å². The SMILES string of the molecule is Cc1cc(C(=O)Nc2nccs2)nc(C2CCCN2Cc2csc(C)n2)n1. The number of amides is 1. The Kier molecular flexibility index (Phi) is 5.24. The normalized spacial score (nSPS) is 17.3. The fraction of sp³-hybridized carbons (Fsp3) is 0.389. The van der Waals surface area contributed by atoms with E-state index in [1.807, 2.05) is 19.2 Å². The van der Waals surface area contributed by atoms with Gasteiger partial charge in [0.25, 0.3) is 5.91 Å². The lowest BCUT2D eigenvalue weighted by Gasteiger charge is -2.23. The van der Waals surface area contributed by atoms with Gasteiger partial charge < -0.3 is 0 Å². The van der Waals surface area contributed by atoms with Gasteiger partial charge in [0.2, 0.25) is 0 Å². The number of anilines is 1. The molecule has 1 aliphatic rings. The standard InChI is InChI=1S/C18H20N6OS2/c1-11-8-14(17(25)23-18-19-5-7-26-18)22-16(20-11)15-4-3-6-24(15)9-13-10-27-12(2)21-13/h5,7-8,10,15H,3-4,6,9H2,1-2H3,(H,19,23,25). The van der Waals surface area contributed by atoms with Crippen LogP contribution in [0, 0.1) is 13.8 Å². The van der Waals surface area contributed by atoms with E-state index in [1.54, 1.807) is 23.6 Å². The summed E-state index contributed by atoms with van der Waals surface area (Å²) in [4.78, 5) is 32.8. The smallest absolute Gasteiger partial charge is 0.276 e. The van der Waals surface area contributed by atoms with Crippen LogP contribution in [0.4, 0.5) is 5.13 Å². The molecule has 0 bridgehead atoms. The number of thiazole rings is 2. The van der Waals surface area contributed by atoms with Gasteiger partial charge in [-0.1, -0.05) is 0 Å². The van der Waals surface area contributed by atoms with Crippen molar-refractivity contribution < 1.29 is 4.79 Å². The van der Waals surface area contributed by atoms with Crippen molar-refractivity contribution in [2.24, 2.45) is 0 Å². The third-order valence-electron chi connectivity index (χ3n) is 4.45. The largest absolute Gasteiger partial charge is 0.296 e. The first kappa shape index (κ1) is 18.1. The highest BCUT2D eigenvalue weighted by atomic mass is 32.1. The third-order valence-corrected chi connectivity index (χ3v) is 5.96. The Labute approximate surface area is 165 Å². The first-order chi connectivity index (χ1) is 13.1. The van der Waals surface area contributed by atoms with Crippen molar-refractivity contribution in [1.29, 1.82) is 0 Å². The fourth-order valence-corrected chi connectivity index (χ4v) is 4.43. The lowest BCUT2D eigenvalue weighted by molar-refractivity contribution is 0.102. The van der Waals surface area contributed by atoms with E-state index in [0.29, 0.717) is 16.6 Å². The van der Waals surface area contributed by atoms with Crippen LogP contribution in [0.15, 0.2) is 23.0 Å². The first-order valence-electron chi connectivity index (χ1n) is 8.80. The molecule has 4 heterocycles. The summed E-state index contributed by atoms with van der Waals surface area (Å²) in [6.45, 7) is 5.69. The summed E-state index contributed by atoms with van der Waals surface area (Å²) < 4.78 is 0. The Balaban J connectivity index is 1.55. The van der Waals surface area contributed by atoms with Crippen LogP contribution >= 0.6 is 22.7 Å². The second-order valence-electron chi connectivity index (χ2n) is 6.53. The highest BCUT2D eigenvalue weighted by Crippen LogP contribution is 2.31. The lowest BCUT2D eigenvalue weighted by atomic mass is 10.2. The highest BCUT2D eigenvalue weighted by molar-refractivity contribution is 7.13. The zero-order valence-electron chi connectivity index (χ0n) is 15.2. The van der Waals surface area contributed by atoms with Gasteiger partial charge in [0.1, 0.15) is 11.5 Å². The van der Waals surface area contributed by atoms with Crippen molar-refractivity contribution in [2.45, 2.75) is 39.3 Å². The van der Waals surface area contributed by atoms with Crippen molar-refractivity contribution in [3.8, 4) is 0 Å². The van der Waals surface area contributed by atoms with Gasteiger partial charge in [0.15, 0.2) is 5.13 Å². The molecule has 27 heavy (non-hydrogen) atoms. The van der Waals surface area contributed by atoms with Gasteiger partial charge in [0, 0.05) is 29.2 Å². The molecule has 0 aliphatic carbocycles. The van der Waals surface area contributed by atoms with Gasteiger partial charge in [-0.25, -0.2) is 19.9 Å². The van der Waals surface area contributed by atoms with E-state index >= 15 is 0 Å². The molecule has 1 unspecified atom stereocenters. The van der Waals surface area contributed by atoms with Crippen LogP contribution in [0.2, 0.25) is 0 Å². The van der Waals surface area contributed by atoms with Gasteiger partial charge >= 0.3 is 0 Å². The molecule has 9 heteroatoms. The molecule has 1 aliphatic heterocycles. The average molecular weight is 401 g/mol. The number of rotatable bonds is 5. The van der Waals surface area contributed by atoms with E-state index < -0.39 is 0 Å². The molecule has 0 aromatic carbocycles. The summed E-state index contributed by atoms with van der Waals surface area (Å²) in [5.74, 6) is 0.458. The molecule has 0 saturated carbocycles. The number of aryl methyl sites for hydroxylation is 2. The van der Waals surface area contributed by atoms with Gasteiger partial charge in [0.05, 0.1) is 16.7 Å². The maximum absolute atomic E-state index is 12.5. The zero-order chi connectivity index (χ0) is 18.8. The van der Waals surface area contributed by atoms with Gasteiger partial charge in [-0.2, -0.15) is 0 Å². The van der Waals surface area contributed by atoms with E-state index in [4.69, 9.17) is 0 Å². The Bertz CT molecular complexity index is 939. The number of hydrogen-bond donors (Lipinski definition) is 1. The quantitative estimate of drug-likeness (QED) is 0.704. The van der Waals surface area contributed by atoms with E-state index in [0.717, 1.165) is 42.3 Å². The molecular weight excluding hydrogens is 380 g/mol. The summed E-state index contributed by atoms with van der Waals surface area (Å²) in [5.41, 5.74) is 2.25. The number of hydrogen-bond acceptors (Lipinski definition) is 8. The fourth-order valence-electron chi connectivity index (χ4n) is 3.30. The highest BCUT2D eigenvalue weighted by Gasteiger charge is 2.29. The molecule has 3 aromatic rings. The number of nitrogens with one attached hydrogen (secondary N) is 1. The molecule has 140 valence electrons. The van der Waals surface area contributed by atoms with Crippen LogP contribution in [-0.2, 0) is 6.54 Å². The maximum Gasteiger partial charge on any atom is 0.276 e. The zero-order valence-corrected chi connectivity index (χ0v) is 16.8. The van der Waals surface area contributed by atoms with Crippen molar-refractivity contribution in [3.05, 3.63) is 50.9 Å². The molecule has 1 amide bonds. The monoisotopic (exact) mass is 400 g/mol. The van der Waals surface area contributed by atoms with Crippen LogP contribution in [0.1, 0.15) is 51.6 Å². The predicted molar refractivity (Wildman–Crippen MR) is 106 cm³/mol. The molecular formula is C18H20N6OS2. The average Bonchev–Trinajstić information content (AvgIpc) is 3.38. The minimum absolute atomic E-state index is 0.110. The number of aromatic nitrogens is 4. The van der Waals surface area contributed by atoms with Crippen LogP contribution < -0.4 is 5.32 Å². The van der Waals surface area contributed by atoms with Gasteiger partial charge in [-0.3, -0.25) is 15.0 Å². The second-order valence-corrected chi connectivity index (χ2v) is 8.49. The molecule has 4 rings (SSSR count). The summed E-state index contributed by atoms with van der Waals surface area (Å²) in [5, 5.41) is 8.37. The van der Waals surface area contributed by atoms with E-state index in [9.17, 15) is 4.79 Å². The number of carbonyl (C=O) groups is 1. The minimum atomic E-state index is -0.253. The molecule has 1 N–H and O–H groups in total. The molecule has 1 atom stereocenters. The van der Waals surface area contributed by atoms with Crippen molar-refractivity contribution in [2.75, 3.05) is 11.9 Å². The topological polar surface area (TPSA) is 83.9 Å². The van der Waals surface area contributed by atoms with Gasteiger partial charge in [-0.15, -0.1) is 22.7 Å². The summed E-state index contributed by atoms with van der Waals surface area (Å²) >= 11 is 3.05. The summed E-state index contributed by atoms with van der Waals surface area (Å²) in [6, 6.07) is 1.83. The summed E-state index contributed by atoms with van der Waals surface area (Å²) in [6.07, 6.45) is 3.74. The molecule has 1 saturated heterocycles. The third kappa shape index (κ3) is 4.20. The van der Waals surface area contributed by atoms with Crippen LogP contribution in [0.5, 0.6) is 0 Å². The number of nitrogens with zero attached hydrogens (tertiary/aromatic N) is 5. The van der Waals surface area contributed by atoms with Crippen LogP contribution in [0.3, 0.4) is 0 Å². The maximum atomic E-state index is 12.5. The first-order valence-corrected chi connectivity index (χ1v) is 10.6. The van der Waals surface area contributed by atoms with E-state index in [-0.39, 0.29) is 11.9 Å². The van der Waals surface area contributed by atoms with Crippen molar-refractivity contribution in [1.82, 2.24) is 24.8 Å². The number of carbonyl (C=O) groups excluding carboxylic acids is 1. The summed E-state index contributed by atoms with van der Waals surface area (Å²) in [7, 11) is 0. The molecule has 0 radical (unpaired) electrons. The molecule has 1 fully saturated rings. The van der Waals surface area contributed by atoms with E-state index in [2.05, 4.69) is 35.5 Å². The molecule has 0 spiro atoms. The second kappa shape index (κ2) is 7.79. The minimum Gasteiger partial charge on any atom is -0.296 e. The van der Waals surface area contributed by atoms with E-state index in [1.165, 1.54) is 11.3 Å². The Morgan fingerprint density at radius 3 is 2.93 bits per heavy atom. The predicted octanol–water partition coefficient (Wildman–Crippen LogP) is 3.60. The van der Waals surface area contributed by atoms with Crippen molar-refractivity contribution >= 4 is 33.7 Å². The Hall–Kier alpha value is -2.23. The lowest BCUT2D eigenvalue weighted by Crippen LogP contribution is -2.26. The Morgan fingerprint density at radius 1 is 1.30 bits per heavy atom. The molecule has 7 nitrogen and oxygen atoms in total. The Morgan fingerprint density at radius 2 is 2.19 bits per heavy atom. The van der Waals surface area contributed by atoms with Crippen molar-refractivity contribution in [3.63, 3.8) is 0 Å². The molecule has 3 aromatic heterocycles. The van der Waals surface area contributed by atoms with Crippen LogP contribution in [0.25, 0.3) is 0 Å². The van der Waals surface area contributed by atoms with Gasteiger partial charge in [-0.05, 0) is 39.3 Å².